The number of rotatable bonds is 3. The van der Waals surface area contributed by atoms with Crippen molar-refractivity contribution in [2.75, 3.05) is 0 Å². The highest BCUT2D eigenvalue weighted by Crippen LogP contribution is 2.54. The van der Waals surface area contributed by atoms with Crippen molar-refractivity contribution < 1.29 is 0 Å². The highest BCUT2D eigenvalue weighted by molar-refractivity contribution is 8.17. The minimum absolute atomic E-state index is 0.508. The van der Waals surface area contributed by atoms with Gasteiger partial charge in [0.25, 0.3) is 0 Å². The molecular formula is C21H22S. The summed E-state index contributed by atoms with van der Waals surface area (Å²) in [4.78, 5) is 4.38. The van der Waals surface area contributed by atoms with Crippen molar-refractivity contribution in [3.8, 4) is 0 Å². The van der Waals surface area contributed by atoms with Crippen LogP contribution in [0.5, 0.6) is 0 Å². The van der Waals surface area contributed by atoms with Crippen LogP contribution in [0.25, 0.3) is 0 Å². The molecule has 0 heterocycles. The van der Waals surface area contributed by atoms with Crippen LogP contribution in [0.2, 0.25) is 0 Å². The van der Waals surface area contributed by atoms with Gasteiger partial charge in [0, 0.05) is 0 Å². The molecule has 0 atom stereocenters. The molecule has 3 aromatic carbocycles. The predicted octanol–water partition coefficient (Wildman–Crippen LogP) is 6.09. The molecule has 0 nitrogen and oxygen atoms in total. The Morgan fingerprint density at radius 3 is 1.00 bits per heavy atom. The van der Waals surface area contributed by atoms with Gasteiger partial charge in [0.15, 0.2) is 0 Å². The fourth-order valence-corrected chi connectivity index (χ4v) is 5.60. The van der Waals surface area contributed by atoms with Crippen molar-refractivity contribution >= 4 is 10.9 Å². The first-order chi connectivity index (χ1) is 10.7. The highest BCUT2D eigenvalue weighted by Gasteiger charge is 2.17. The van der Waals surface area contributed by atoms with Crippen molar-refractivity contribution in [3.63, 3.8) is 0 Å². The number of thiol groups is 1. The standard InChI is InChI=1S/C21H22S/c1-16-10-4-7-13-19(16)22(20-14-8-5-11-17(20)2)21-15-9-6-12-18(21)3/h4-15,22H,1-3H3. The smallest absolute Gasteiger partial charge is 0.00156 e. The van der Waals surface area contributed by atoms with Crippen LogP contribution in [-0.2, 0) is 0 Å². The number of benzene rings is 3. The van der Waals surface area contributed by atoms with Gasteiger partial charge in [0.1, 0.15) is 0 Å². The Hall–Kier alpha value is -1.99. The van der Waals surface area contributed by atoms with E-state index in [9.17, 15) is 0 Å². The lowest BCUT2D eigenvalue weighted by Crippen LogP contribution is -1.95. The van der Waals surface area contributed by atoms with Crippen molar-refractivity contribution in [1.29, 1.82) is 0 Å². The van der Waals surface area contributed by atoms with Crippen molar-refractivity contribution in [2.45, 2.75) is 35.5 Å². The van der Waals surface area contributed by atoms with Crippen LogP contribution in [0.3, 0.4) is 0 Å². The Labute approximate surface area is 136 Å². The molecule has 22 heavy (non-hydrogen) atoms. The van der Waals surface area contributed by atoms with Crippen molar-refractivity contribution in [2.24, 2.45) is 0 Å². The quantitative estimate of drug-likeness (QED) is 0.556. The first-order valence-corrected chi connectivity index (χ1v) is 8.99. The molecular weight excluding hydrogens is 284 g/mol. The summed E-state index contributed by atoms with van der Waals surface area (Å²) in [5.74, 6) is 0. The van der Waals surface area contributed by atoms with Crippen LogP contribution >= 0.6 is 10.9 Å². The summed E-state index contributed by atoms with van der Waals surface area (Å²) in [7, 11) is -0.508. The first-order valence-electron chi connectivity index (χ1n) is 7.65. The lowest BCUT2D eigenvalue weighted by atomic mass is 10.2. The summed E-state index contributed by atoms with van der Waals surface area (Å²) in [5, 5.41) is 0. The normalized spacial score (nSPS) is 11.3. The van der Waals surface area contributed by atoms with Gasteiger partial charge in [0.2, 0.25) is 0 Å². The Morgan fingerprint density at radius 1 is 0.455 bits per heavy atom. The summed E-state index contributed by atoms with van der Waals surface area (Å²) in [6.45, 7) is 6.67. The summed E-state index contributed by atoms with van der Waals surface area (Å²) >= 11 is 0. The van der Waals surface area contributed by atoms with Crippen LogP contribution in [0.1, 0.15) is 16.7 Å². The van der Waals surface area contributed by atoms with Crippen molar-refractivity contribution in [1.82, 2.24) is 0 Å². The van der Waals surface area contributed by atoms with E-state index in [0.717, 1.165) is 0 Å². The second-order valence-electron chi connectivity index (χ2n) is 5.69. The summed E-state index contributed by atoms with van der Waals surface area (Å²) in [5.41, 5.74) is 4.13. The van der Waals surface area contributed by atoms with Crippen LogP contribution in [0, 0.1) is 20.8 Å². The molecule has 112 valence electrons. The topological polar surface area (TPSA) is 0 Å². The van der Waals surface area contributed by atoms with Gasteiger partial charge in [-0.15, -0.1) is 0 Å². The van der Waals surface area contributed by atoms with Gasteiger partial charge in [-0.1, -0.05) is 54.6 Å². The Bertz CT molecular complexity index is 681. The maximum atomic E-state index is 2.29. The first kappa shape index (κ1) is 14.9. The lowest BCUT2D eigenvalue weighted by Gasteiger charge is -2.28. The Balaban J connectivity index is 2.27. The molecule has 0 aliphatic rings. The van der Waals surface area contributed by atoms with E-state index in [1.807, 2.05) is 0 Å². The van der Waals surface area contributed by atoms with Gasteiger partial charge >= 0.3 is 0 Å². The van der Waals surface area contributed by atoms with Crippen LogP contribution in [-0.4, -0.2) is 0 Å². The molecule has 1 heteroatoms. The molecule has 0 N–H and O–H groups in total. The van der Waals surface area contributed by atoms with Gasteiger partial charge in [-0.05, 0) is 70.3 Å². The minimum Gasteiger partial charge on any atom is -0.172 e. The zero-order valence-corrected chi connectivity index (χ0v) is 14.3. The molecule has 0 fully saturated rings. The largest absolute Gasteiger partial charge is 0.172 e. The van der Waals surface area contributed by atoms with E-state index < -0.39 is 10.9 Å². The van der Waals surface area contributed by atoms with E-state index in [4.69, 9.17) is 0 Å². The number of aryl methyl sites for hydroxylation is 3. The molecule has 0 amide bonds. The van der Waals surface area contributed by atoms with Gasteiger partial charge in [0.05, 0.1) is 0 Å². The van der Waals surface area contributed by atoms with E-state index in [1.165, 1.54) is 31.4 Å². The van der Waals surface area contributed by atoms with Crippen LogP contribution in [0.15, 0.2) is 87.5 Å². The van der Waals surface area contributed by atoms with Gasteiger partial charge in [-0.25, -0.2) is 0 Å². The molecule has 0 bridgehead atoms. The average Bonchev–Trinajstić information content (AvgIpc) is 2.53. The fraction of sp³-hybridized carbons (Fsp3) is 0.143. The van der Waals surface area contributed by atoms with E-state index in [1.54, 1.807) is 0 Å². The summed E-state index contributed by atoms with van der Waals surface area (Å²) < 4.78 is 0. The Kier molecular flexibility index (Phi) is 4.35. The monoisotopic (exact) mass is 306 g/mol. The number of hydrogen-bond donors (Lipinski definition) is 1. The zero-order valence-electron chi connectivity index (χ0n) is 13.4. The third kappa shape index (κ3) is 2.82. The molecule has 0 aromatic heterocycles. The van der Waals surface area contributed by atoms with Gasteiger partial charge < -0.3 is 0 Å². The molecule has 3 aromatic rings. The van der Waals surface area contributed by atoms with Gasteiger partial charge in [-0.3, -0.25) is 0 Å². The molecule has 0 unspecified atom stereocenters. The van der Waals surface area contributed by atoms with Gasteiger partial charge in [-0.2, -0.15) is 10.9 Å². The maximum absolute atomic E-state index is 2.29. The molecule has 0 aliphatic heterocycles. The fourth-order valence-electron chi connectivity index (χ4n) is 2.83. The maximum Gasteiger partial charge on any atom is -0.00156 e. The third-order valence-corrected chi connectivity index (χ3v) is 7.02. The SMILES string of the molecule is Cc1ccccc1[SH](c1ccccc1C)c1ccccc1C. The molecule has 0 spiro atoms. The molecule has 0 radical (unpaired) electrons. The lowest BCUT2D eigenvalue weighted by molar-refractivity contribution is 1.20. The van der Waals surface area contributed by atoms with E-state index in [2.05, 4.69) is 93.6 Å². The minimum atomic E-state index is -0.508. The highest BCUT2D eigenvalue weighted by atomic mass is 32.2. The predicted molar refractivity (Wildman–Crippen MR) is 97.3 cm³/mol. The van der Waals surface area contributed by atoms with Crippen molar-refractivity contribution in [3.05, 3.63) is 89.5 Å². The van der Waals surface area contributed by atoms with Crippen LogP contribution in [0.4, 0.5) is 0 Å². The van der Waals surface area contributed by atoms with E-state index in [-0.39, 0.29) is 0 Å². The molecule has 0 saturated carbocycles. The molecule has 3 rings (SSSR count). The van der Waals surface area contributed by atoms with E-state index in [0.29, 0.717) is 0 Å². The summed E-state index contributed by atoms with van der Waals surface area (Å²) in [6, 6.07) is 26.4. The second kappa shape index (κ2) is 6.41. The number of hydrogen-bond acceptors (Lipinski definition) is 0. The van der Waals surface area contributed by atoms with Crippen LogP contribution < -0.4 is 0 Å². The summed E-state index contributed by atoms with van der Waals surface area (Å²) in [6.07, 6.45) is 0. The van der Waals surface area contributed by atoms with E-state index >= 15 is 0 Å². The average molecular weight is 306 g/mol. The Morgan fingerprint density at radius 2 is 0.727 bits per heavy atom. The zero-order chi connectivity index (χ0) is 15.5. The molecule has 0 saturated heterocycles. The third-order valence-electron chi connectivity index (χ3n) is 4.07. The molecule has 0 aliphatic carbocycles. The second-order valence-corrected chi connectivity index (χ2v) is 7.81.